The Morgan fingerprint density at radius 2 is 1.89 bits per heavy atom. The minimum atomic E-state index is -4.50. The van der Waals surface area contributed by atoms with E-state index in [9.17, 15) is 8.42 Å². The fourth-order valence-electron chi connectivity index (χ4n) is 1.18. The number of hydrogen-bond acceptors (Lipinski definition) is 6. The van der Waals surface area contributed by atoms with Crippen molar-refractivity contribution >= 4 is 21.8 Å². The van der Waals surface area contributed by atoms with Crippen LogP contribution in [-0.2, 0) is 14.6 Å². The maximum atomic E-state index is 10.5. The molecule has 0 spiro atoms. The molecule has 0 fully saturated rings. The van der Waals surface area contributed by atoms with Crippen LogP contribution in [0.5, 0.6) is 0 Å². The van der Waals surface area contributed by atoms with E-state index in [1.54, 1.807) is 13.0 Å². The lowest BCUT2D eigenvalue weighted by atomic mass is 10.1. The molecule has 0 bridgehead atoms. The summed E-state index contributed by atoms with van der Waals surface area (Å²) in [6, 6.07) is 4.61. The summed E-state index contributed by atoms with van der Waals surface area (Å²) in [4.78, 5) is 0. The van der Waals surface area contributed by atoms with Crippen molar-refractivity contribution in [3.63, 3.8) is 0 Å². The third-order valence-electron chi connectivity index (χ3n) is 1.81. The molecule has 104 valence electrons. The Balaban J connectivity index is 0.000000873. The van der Waals surface area contributed by atoms with Crippen molar-refractivity contribution in [2.75, 3.05) is 18.1 Å². The number of rotatable bonds is 3. The molecule has 0 amide bonds. The number of aliphatic hydroxyl groups is 1. The molecule has 8 heteroatoms. The number of aliphatic hydroxyl groups excluding tert-OH is 1. The Morgan fingerprint density at radius 3 is 2.33 bits per heavy atom. The van der Waals surface area contributed by atoms with Crippen LogP contribution in [-0.4, -0.2) is 24.7 Å². The van der Waals surface area contributed by atoms with Crippen LogP contribution in [0.3, 0.4) is 0 Å². The molecule has 0 heterocycles. The van der Waals surface area contributed by atoms with E-state index in [0.29, 0.717) is 16.9 Å². The van der Waals surface area contributed by atoms with Crippen LogP contribution in [0.15, 0.2) is 18.2 Å². The Hall–Kier alpha value is -1.35. The number of nitrogen functional groups attached to an aromatic ring is 2. The summed E-state index contributed by atoms with van der Waals surface area (Å²) in [7, 11) is -4.50. The molecule has 0 saturated heterocycles. The van der Waals surface area contributed by atoms with E-state index < -0.39 is 16.5 Å². The lowest BCUT2D eigenvalue weighted by Gasteiger charge is -2.13. The van der Waals surface area contributed by atoms with Crippen molar-refractivity contribution in [1.82, 2.24) is 0 Å². The van der Waals surface area contributed by atoms with E-state index in [-0.39, 0.29) is 6.61 Å². The van der Waals surface area contributed by atoms with Crippen LogP contribution in [0.25, 0.3) is 0 Å². The maximum absolute atomic E-state index is 10.5. The quantitative estimate of drug-likeness (QED) is 0.472. The molecule has 1 aromatic rings. The van der Waals surface area contributed by atoms with Crippen LogP contribution in [0, 0.1) is 0 Å². The number of anilines is 2. The number of hydrogen-bond donors (Lipinski definition) is 4. The van der Waals surface area contributed by atoms with Crippen molar-refractivity contribution in [1.29, 1.82) is 0 Å². The van der Waals surface area contributed by atoms with Gasteiger partial charge in [0, 0.05) is 23.5 Å². The standard InChI is InChI=1S/C8H12N2O4S.C2H6O/c1-5(14-15(11,12)13)7-4-6(9)2-3-8(7)10;1-2-3/h2-5H,9-10H2,1H3,(H,11,12,13);3H,2H2,1H3. The molecule has 0 aliphatic heterocycles. The minimum absolute atomic E-state index is 0.250. The van der Waals surface area contributed by atoms with Crippen molar-refractivity contribution in [2.24, 2.45) is 0 Å². The monoisotopic (exact) mass is 278 g/mol. The minimum Gasteiger partial charge on any atom is -0.399 e. The third kappa shape index (κ3) is 6.40. The summed E-state index contributed by atoms with van der Waals surface area (Å²) in [6.07, 6.45) is -0.886. The topological polar surface area (TPSA) is 136 Å². The molecule has 0 saturated carbocycles. The molecule has 0 aromatic heterocycles. The van der Waals surface area contributed by atoms with Gasteiger partial charge in [0.05, 0.1) is 0 Å². The summed E-state index contributed by atoms with van der Waals surface area (Å²) >= 11 is 0. The van der Waals surface area contributed by atoms with Gasteiger partial charge in [-0.05, 0) is 32.0 Å². The predicted octanol–water partition coefficient (Wildman–Crippen LogP) is 0.730. The molecule has 1 atom stereocenters. The van der Waals surface area contributed by atoms with Gasteiger partial charge < -0.3 is 16.6 Å². The summed E-state index contributed by atoms with van der Waals surface area (Å²) in [5.74, 6) is 0. The van der Waals surface area contributed by atoms with Gasteiger partial charge >= 0.3 is 10.4 Å². The molecule has 6 N–H and O–H groups in total. The highest BCUT2D eigenvalue weighted by atomic mass is 32.3. The van der Waals surface area contributed by atoms with Crippen molar-refractivity contribution in [2.45, 2.75) is 20.0 Å². The molecule has 7 nitrogen and oxygen atoms in total. The second-order valence-electron chi connectivity index (χ2n) is 3.37. The average Bonchev–Trinajstić information content (AvgIpc) is 2.20. The summed E-state index contributed by atoms with van der Waals surface area (Å²) in [6.45, 7) is 3.37. The van der Waals surface area contributed by atoms with Crippen LogP contribution in [0.1, 0.15) is 25.5 Å². The van der Waals surface area contributed by atoms with Gasteiger partial charge in [0.15, 0.2) is 0 Å². The lowest BCUT2D eigenvalue weighted by Crippen LogP contribution is -2.10. The van der Waals surface area contributed by atoms with Crippen molar-refractivity contribution in [3.05, 3.63) is 23.8 Å². The summed E-state index contributed by atoms with van der Waals surface area (Å²) in [5, 5.41) is 7.57. The highest BCUT2D eigenvalue weighted by Crippen LogP contribution is 2.26. The lowest BCUT2D eigenvalue weighted by molar-refractivity contribution is 0.201. The van der Waals surface area contributed by atoms with Gasteiger partial charge in [-0.25, -0.2) is 4.18 Å². The first-order valence-electron chi connectivity index (χ1n) is 5.12. The van der Waals surface area contributed by atoms with Gasteiger partial charge in [0.2, 0.25) is 0 Å². The summed E-state index contributed by atoms with van der Waals surface area (Å²) in [5.41, 5.74) is 12.3. The second-order valence-corrected chi connectivity index (χ2v) is 4.42. The molecular weight excluding hydrogens is 260 g/mol. The normalized spacial score (nSPS) is 12.4. The third-order valence-corrected chi connectivity index (χ3v) is 2.35. The predicted molar refractivity (Wildman–Crippen MR) is 69.1 cm³/mol. The molecule has 1 rings (SSSR count). The van der Waals surface area contributed by atoms with Gasteiger partial charge in [-0.15, -0.1) is 0 Å². The first-order valence-corrected chi connectivity index (χ1v) is 6.49. The molecule has 1 aromatic carbocycles. The number of nitrogens with two attached hydrogens (primary N) is 2. The molecule has 0 aliphatic rings. The van der Waals surface area contributed by atoms with E-state index in [4.69, 9.17) is 21.1 Å². The number of benzene rings is 1. The van der Waals surface area contributed by atoms with Gasteiger partial charge in [-0.3, -0.25) is 4.55 Å². The zero-order chi connectivity index (χ0) is 14.3. The zero-order valence-corrected chi connectivity index (χ0v) is 11.0. The Morgan fingerprint density at radius 1 is 1.39 bits per heavy atom. The fourth-order valence-corrected chi connectivity index (χ4v) is 1.65. The van der Waals surface area contributed by atoms with Gasteiger partial charge in [-0.2, -0.15) is 8.42 Å². The first kappa shape index (κ1) is 16.6. The average molecular weight is 278 g/mol. The second kappa shape index (κ2) is 7.17. The van der Waals surface area contributed by atoms with Gasteiger partial charge in [-0.1, -0.05) is 0 Å². The van der Waals surface area contributed by atoms with Crippen molar-refractivity contribution in [3.8, 4) is 0 Å². The van der Waals surface area contributed by atoms with E-state index in [0.717, 1.165) is 0 Å². The van der Waals surface area contributed by atoms with E-state index in [2.05, 4.69) is 4.18 Å². The largest absolute Gasteiger partial charge is 0.399 e. The maximum Gasteiger partial charge on any atom is 0.397 e. The van der Waals surface area contributed by atoms with E-state index in [1.165, 1.54) is 19.1 Å². The highest BCUT2D eigenvalue weighted by Gasteiger charge is 2.16. The Bertz CT molecular complexity index is 475. The molecule has 0 aliphatic carbocycles. The van der Waals surface area contributed by atoms with Crippen LogP contribution >= 0.6 is 0 Å². The first-order chi connectivity index (χ1) is 8.21. The Kier molecular flexibility index (Phi) is 6.63. The molecule has 0 radical (unpaired) electrons. The fraction of sp³-hybridized carbons (Fsp3) is 0.400. The van der Waals surface area contributed by atoms with Gasteiger partial charge in [0.25, 0.3) is 0 Å². The van der Waals surface area contributed by atoms with Crippen LogP contribution < -0.4 is 11.5 Å². The van der Waals surface area contributed by atoms with Crippen molar-refractivity contribution < 1.29 is 22.3 Å². The smallest absolute Gasteiger partial charge is 0.397 e. The van der Waals surface area contributed by atoms with E-state index in [1.807, 2.05) is 0 Å². The molecule has 1 unspecified atom stereocenters. The molecular formula is C10H18N2O5S. The van der Waals surface area contributed by atoms with E-state index >= 15 is 0 Å². The van der Waals surface area contributed by atoms with Crippen LogP contribution in [0.2, 0.25) is 0 Å². The Labute approximate surface area is 106 Å². The van der Waals surface area contributed by atoms with Gasteiger partial charge in [0.1, 0.15) is 6.10 Å². The molecule has 18 heavy (non-hydrogen) atoms. The SMILES string of the molecule is CC(OS(=O)(=O)O)c1cc(N)ccc1N.CCO. The zero-order valence-electron chi connectivity index (χ0n) is 10.2. The summed E-state index contributed by atoms with van der Waals surface area (Å²) < 4.78 is 33.8. The van der Waals surface area contributed by atoms with Crippen LogP contribution in [0.4, 0.5) is 11.4 Å². The highest BCUT2D eigenvalue weighted by molar-refractivity contribution is 7.80.